The number of aliphatic hydroxyl groups excluding tert-OH is 1. The molecule has 0 amide bonds. The van der Waals surface area contributed by atoms with Crippen LogP contribution >= 0.6 is 0 Å². The van der Waals surface area contributed by atoms with Crippen LogP contribution in [0.3, 0.4) is 0 Å². The van der Waals surface area contributed by atoms with Gasteiger partial charge in [0.1, 0.15) is 5.75 Å². The van der Waals surface area contributed by atoms with Crippen molar-refractivity contribution in [3.8, 4) is 5.75 Å². The Balaban J connectivity index is 2.22. The quantitative estimate of drug-likeness (QED) is 0.526. The minimum atomic E-state index is -0.101. The molecule has 0 spiro atoms. The zero-order valence-electron chi connectivity index (χ0n) is 14.7. The lowest BCUT2D eigenvalue weighted by atomic mass is 9.95. The summed E-state index contributed by atoms with van der Waals surface area (Å²) in [7, 11) is 0. The lowest BCUT2D eigenvalue weighted by Crippen LogP contribution is -2.05. The molecule has 0 bridgehead atoms. The van der Waals surface area contributed by atoms with E-state index in [9.17, 15) is 5.11 Å². The van der Waals surface area contributed by atoms with Crippen molar-refractivity contribution in [1.29, 1.82) is 0 Å². The fraction of sp³-hybridized carbons (Fsp3) is 0.700. The van der Waals surface area contributed by atoms with E-state index in [-0.39, 0.29) is 6.10 Å². The lowest BCUT2D eigenvalue weighted by Gasteiger charge is -2.13. The maximum atomic E-state index is 9.55. The van der Waals surface area contributed by atoms with Gasteiger partial charge in [0, 0.05) is 0 Å². The van der Waals surface area contributed by atoms with E-state index >= 15 is 0 Å². The zero-order chi connectivity index (χ0) is 16.2. The topological polar surface area (TPSA) is 29.5 Å². The Kier molecular flexibility index (Phi) is 9.98. The average molecular weight is 306 g/mol. The third kappa shape index (κ3) is 8.43. The van der Waals surface area contributed by atoms with Crippen LogP contribution in [-0.4, -0.2) is 17.8 Å². The van der Waals surface area contributed by atoms with Crippen LogP contribution in [0.4, 0.5) is 0 Å². The molecule has 1 aromatic carbocycles. The van der Waals surface area contributed by atoms with E-state index in [1.54, 1.807) is 0 Å². The third-order valence-electron chi connectivity index (χ3n) is 4.23. The second kappa shape index (κ2) is 11.5. The number of hydrogen-bond donors (Lipinski definition) is 1. The van der Waals surface area contributed by atoms with Gasteiger partial charge in [0.15, 0.2) is 0 Å². The van der Waals surface area contributed by atoms with E-state index in [0.717, 1.165) is 44.5 Å². The summed E-state index contributed by atoms with van der Waals surface area (Å²) in [5.74, 6) is 1.68. The van der Waals surface area contributed by atoms with Crippen LogP contribution in [0.15, 0.2) is 24.3 Å². The molecule has 0 fully saturated rings. The largest absolute Gasteiger partial charge is 0.494 e. The van der Waals surface area contributed by atoms with Crippen LogP contribution < -0.4 is 4.74 Å². The summed E-state index contributed by atoms with van der Waals surface area (Å²) in [5, 5.41) is 9.55. The van der Waals surface area contributed by atoms with Gasteiger partial charge in [-0.1, -0.05) is 58.6 Å². The Morgan fingerprint density at radius 3 is 2.32 bits per heavy atom. The molecule has 0 aliphatic heterocycles. The van der Waals surface area contributed by atoms with E-state index in [4.69, 9.17) is 4.74 Å². The molecule has 2 atom stereocenters. The molecule has 1 aromatic rings. The first-order chi connectivity index (χ1) is 10.7. The van der Waals surface area contributed by atoms with Crippen LogP contribution in [0, 0.1) is 5.92 Å². The Morgan fingerprint density at radius 2 is 1.68 bits per heavy atom. The van der Waals surface area contributed by atoms with Gasteiger partial charge in [-0.15, -0.1) is 0 Å². The molecule has 0 radical (unpaired) electrons. The summed E-state index contributed by atoms with van der Waals surface area (Å²) in [6, 6.07) is 8.57. The first kappa shape index (κ1) is 19.0. The van der Waals surface area contributed by atoms with Gasteiger partial charge in [-0.25, -0.2) is 0 Å². The monoisotopic (exact) mass is 306 g/mol. The Bertz CT molecular complexity index is 372. The van der Waals surface area contributed by atoms with Gasteiger partial charge in [0.25, 0.3) is 0 Å². The Morgan fingerprint density at radius 1 is 1.00 bits per heavy atom. The van der Waals surface area contributed by atoms with Gasteiger partial charge in [-0.2, -0.15) is 0 Å². The van der Waals surface area contributed by atoms with Crippen molar-refractivity contribution in [2.24, 2.45) is 5.92 Å². The van der Waals surface area contributed by atoms with Gasteiger partial charge < -0.3 is 9.84 Å². The summed E-state index contributed by atoms with van der Waals surface area (Å²) in [6.45, 7) is 7.36. The molecule has 0 aromatic heterocycles. The molecule has 1 unspecified atom stereocenters. The van der Waals surface area contributed by atoms with Crippen molar-refractivity contribution in [3.05, 3.63) is 29.8 Å². The molecule has 0 aliphatic rings. The average Bonchev–Trinajstić information content (AvgIpc) is 2.53. The van der Waals surface area contributed by atoms with Crippen molar-refractivity contribution in [2.45, 2.75) is 78.2 Å². The molecular formula is C20H34O2. The molecular weight excluding hydrogens is 272 g/mol. The van der Waals surface area contributed by atoms with Gasteiger partial charge in [0.2, 0.25) is 0 Å². The number of rotatable bonds is 12. The van der Waals surface area contributed by atoms with Crippen molar-refractivity contribution in [1.82, 2.24) is 0 Å². The summed E-state index contributed by atoms with van der Waals surface area (Å²) < 4.78 is 5.70. The Labute approximate surface area is 136 Å². The molecule has 2 nitrogen and oxygen atoms in total. The van der Waals surface area contributed by atoms with E-state index in [0.29, 0.717) is 5.92 Å². The van der Waals surface area contributed by atoms with Crippen LogP contribution in [-0.2, 0) is 6.42 Å². The van der Waals surface area contributed by atoms with E-state index < -0.39 is 0 Å². The predicted octanol–water partition coefficient (Wildman–Crippen LogP) is 5.38. The molecule has 0 aliphatic carbocycles. The van der Waals surface area contributed by atoms with Crippen LogP contribution in [0.5, 0.6) is 5.75 Å². The first-order valence-corrected chi connectivity index (χ1v) is 9.05. The van der Waals surface area contributed by atoms with Gasteiger partial charge >= 0.3 is 0 Å². The maximum absolute atomic E-state index is 9.55. The number of ether oxygens (including phenoxy) is 1. The third-order valence-corrected chi connectivity index (χ3v) is 4.23. The van der Waals surface area contributed by atoms with E-state index in [1.165, 1.54) is 24.8 Å². The van der Waals surface area contributed by atoms with Gasteiger partial charge in [-0.05, 0) is 49.3 Å². The highest BCUT2D eigenvalue weighted by atomic mass is 16.5. The fourth-order valence-electron chi connectivity index (χ4n) is 2.64. The summed E-state index contributed by atoms with van der Waals surface area (Å²) in [6.07, 6.45) is 8.75. The predicted molar refractivity (Wildman–Crippen MR) is 94.5 cm³/mol. The standard InChI is InChI=1S/C20H34O2/c1-4-6-15-22-20-13-11-18(12-14-20)16-17(3)9-7-8-10-19(21)5-2/h11-14,17,19,21H,4-10,15-16H2,1-3H3/t17-,19?/m1/s1. The minimum absolute atomic E-state index is 0.101. The summed E-state index contributed by atoms with van der Waals surface area (Å²) in [4.78, 5) is 0. The molecule has 0 heterocycles. The highest BCUT2D eigenvalue weighted by molar-refractivity contribution is 5.27. The van der Waals surface area contributed by atoms with Crippen molar-refractivity contribution < 1.29 is 9.84 Å². The minimum Gasteiger partial charge on any atom is -0.494 e. The summed E-state index contributed by atoms with van der Waals surface area (Å²) >= 11 is 0. The van der Waals surface area contributed by atoms with Crippen LogP contribution in [0.2, 0.25) is 0 Å². The molecule has 22 heavy (non-hydrogen) atoms. The van der Waals surface area contributed by atoms with Crippen molar-refractivity contribution >= 4 is 0 Å². The zero-order valence-corrected chi connectivity index (χ0v) is 14.7. The summed E-state index contributed by atoms with van der Waals surface area (Å²) in [5.41, 5.74) is 1.39. The molecule has 126 valence electrons. The Hall–Kier alpha value is -1.02. The molecule has 0 saturated carbocycles. The lowest BCUT2D eigenvalue weighted by molar-refractivity contribution is 0.156. The normalized spacial score (nSPS) is 13.8. The van der Waals surface area contributed by atoms with Crippen LogP contribution in [0.1, 0.15) is 71.3 Å². The number of hydrogen-bond acceptors (Lipinski definition) is 2. The maximum Gasteiger partial charge on any atom is 0.119 e. The second-order valence-corrected chi connectivity index (χ2v) is 6.50. The first-order valence-electron chi connectivity index (χ1n) is 9.05. The molecule has 0 saturated heterocycles. The SMILES string of the molecule is CCCCOc1ccc(C[C@H](C)CCCCC(O)CC)cc1. The van der Waals surface area contributed by atoms with Crippen molar-refractivity contribution in [2.75, 3.05) is 6.61 Å². The number of benzene rings is 1. The fourth-order valence-corrected chi connectivity index (χ4v) is 2.64. The van der Waals surface area contributed by atoms with Crippen LogP contribution in [0.25, 0.3) is 0 Å². The highest BCUT2D eigenvalue weighted by Gasteiger charge is 2.06. The molecule has 1 N–H and O–H groups in total. The van der Waals surface area contributed by atoms with Crippen molar-refractivity contribution in [3.63, 3.8) is 0 Å². The smallest absolute Gasteiger partial charge is 0.119 e. The van der Waals surface area contributed by atoms with E-state index in [2.05, 4.69) is 38.1 Å². The second-order valence-electron chi connectivity index (χ2n) is 6.50. The number of aliphatic hydroxyl groups is 1. The van der Waals surface area contributed by atoms with Gasteiger partial charge in [-0.3, -0.25) is 0 Å². The molecule has 2 heteroatoms. The highest BCUT2D eigenvalue weighted by Crippen LogP contribution is 2.19. The molecule has 1 rings (SSSR count). The number of unbranched alkanes of at least 4 members (excludes halogenated alkanes) is 2. The van der Waals surface area contributed by atoms with E-state index in [1.807, 2.05) is 6.92 Å². The van der Waals surface area contributed by atoms with Gasteiger partial charge in [0.05, 0.1) is 12.7 Å².